The number of hydrogen-bond acceptors (Lipinski definition) is 4. The molecule has 0 saturated heterocycles. The zero-order valence-electron chi connectivity index (χ0n) is 11.3. The minimum Gasteiger partial charge on any atom is -0.377 e. The van der Waals surface area contributed by atoms with Gasteiger partial charge >= 0.3 is 0 Å². The molecule has 0 atom stereocenters. The van der Waals surface area contributed by atoms with Crippen LogP contribution in [-0.4, -0.2) is 52.9 Å². The van der Waals surface area contributed by atoms with E-state index in [0.29, 0.717) is 52.9 Å². The fourth-order valence-electron chi connectivity index (χ4n) is 0.891. The molecule has 0 radical (unpaired) electrons. The van der Waals surface area contributed by atoms with E-state index in [1.54, 1.807) is 12.2 Å². The highest BCUT2D eigenvalue weighted by atomic mass is 16.6. The zero-order valence-corrected chi connectivity index (χ0v) is 11.3. The monoisotopic (exact) mass is 258 g/mol. The van der Waals surface area contributed by atoms with Crippen molar-refractivity contribution in [1.29, 1.82) is 0 Å². The number of hydrogen-bond donors (Lipinski definition) is 0. The summed E-state index contributed by atoms with van der Waals surface area (Å²) in [6.07, 6.45) is 3.43. The summed E-state index contributed by atoms with van der Waals surface area (Å²) in [6, 6.07) is 0. The van der Waals surface area contributed by atoms with Gasteiger partial charge in [-0.15, -0.1) is 26.3 Å². The minimum absolute atomic E-state index is 0.570. The maximum Gasteiger partial charge on any atom is 0.0704 e. The molecule has 0 aliphatic carbocycles. The van der Waals surface area contributed by atoms with E-state index in [-0.39, 0.29) is 0 Å². The SMILES string of the molecule is C=C.C=CCOCCOCCOCCOCC=C. The molecular formula is C14H26O4. The molecule has 0 heterocycles. The van der Waals surface area contributed by atoms with Crippen molar-refractivity contribution in [3.05, 3.63) is 38.5 Å². The molecule has 106 valence electrons. The van der Waals surface area contributed by atoms with Crippen LogP contribution in [0.3, 0.4) is 0 Å². The van der Waals surface area contributed by atoms with Crippen LogP contribution >= 0.6 is 0 Å². The Labute approximate surface area is 111 Å². The first-order valence-corrected chi connectivity index (χ1v) is 5.94. The van der Waals surface area contributed by atoms with Crippen molar-refractivity contribution in [1.82, 2.24) is 0 Å². The summed E-state index contributed by atoms with van der Waals surface area (Å²) in [7, 11) is 0. The lowest BCUT2D eigenvalue weighted by atomic mass is 10.6. The smallest absolute Gasteiger partial charge is 0.0704 e. The van der Waals surface area contributed by atoms with Gasteiger partial charge in [0.15, 0.2) is 0 Å². The first-order chi connectivity index (χ1) is 8.91. The van der Waals surface area contributed by atoms with E-state index in [0.717, 1.165) is 0 Å². The summed E-state index contributed by atoms with van der Waals surface area (Å²) in [5, 5.41) is 0. The second kappa shape index (κ2) is 21.4. The maximum atomic E-state index is 5.27. The summed E-state index contributed by atoms with van der Waals surface area (Å²) < 4.78 is 20.8. The van der Waals surface area contributed by atoms with Crippen LogP contribution in [0.1, 0.15) is 0 Å². The van der Waals surface area contributed by atoms with Crippen molar-refractivity contribution in [2.45, 2.75) is 0 Å². The molecule has 0 aromatic heterocycles. The maximum absolute atomic E-state index is 5.27. The van der Waals surface area contributed by atoms with Crippen molar-refractivity contribution in [3.63, 3.8) is 0 Å². The van der Waals surface area contributed by atoms with Crippen molar-refractivity contribution in [2.24, 2.45) is 0 Å². The number of rotatable bonds is 13. The Morgan fingerprint density at radius 3 is 1.11 bits per heavy atom. The first-order valence-electron chi connectivity index (χ1n) is 5.94. The van der Waals surface area contributed by atoms with Gasteiger partial charge in [-0.25, -0.2) is 0 Å². The van der Waals surface area contributed by atoms with Gasteiger partial charge in [-0.1, -0.05) is 12.2 Å². The van der Waals surface area contributed by atoms with Crippen LogP contribution in [0.4, 0.5) is 0 Å². The average Bonchev–Trinajstić information content (AvgIpc) is 2.42. The normalized spacial score (nSPS) is 9.33. The molecule has 0 rings (SSSR count). The molecule has 0 aliphatic heterocycles. The summed E-state index contributed by atoms with van der Waals surface area (Å²) in [5.74, 6) is 0. The molecule has 4 nitrogen and oxygen atoms in total. The van der Waals surface area contributed by atoms with E-state index in [1.807, 2.05) is 0 Å². The first kappa shape index (κ1) is 19.4. The van der Waals surface area contributed by atoms with Crippen molar-refractivity contribution in [3.8, 4) is 0 Å². The van der Waals surface area contributed by atoms with Crippen LogP contribution in [0.2, 0.25) is 0 Å². The Morgan fingerprint density at radius 1 is 0.556 bits per heavy atom. The molecular weight excluding hydrogens is 232 g/mol. The molecule has 0 unspecified atom stereocenters. The third kappa shape index (κ3) is 20.5. The highest BCUT2D eigenvalue weighted by Crippen LogP contribution is 1.82. The van der Waals surface area contributed by atoms with E-state index >= 15 is 0 Å². The lowest BCUT2D eigenvalue weighted by Gasteiger charge is -2.06. The molecule has 0 aliphatic rings. The van der Waals surface area contributed by atoms with Gasteiger partial charge in [-0.05, 0) is 0 Å². The Balaban J connectivity index is 0. The van der Waals surface area contributed by atoms with Gasteiger partial charge in [0.2, 0.25) is 0 Å². The van der Waals surface area contributed by atoms with Crippen LogP contribution < -0.4 is 0 Å². The fraction of sp³-hybridized carbons (Fsp3) is 0.571. The third-order valence-corrected chi connectivity index (χ3v) is 1.59. The van der Waals surface area contributed by atoms with Gasteiger partial charge < -0.3 is 18.9 Å². The molecule has 0 N–H and O–H groups in total. The second-order valence-electron chi connectivity index (χ2n) is 2.95. The lowest BCUT2D eigenvalue weighted by Crippen LogP contribution is -2.11. The third-order valence-electron chi connectivity index (χ3n) is 1.59. The van der Waals surface area contributed by atoms with Gasteiger partial charge in [0.05, 0.1) is 52.9 Å². The van der Waals surface area contributed by atoms with Gasteiger partial charge in [0, 0.05) is 0 Å². The van der Waals surface area contributed by atoms with Crippen LogP contribution in [0.25, 0.3) is 0 Å². The predicted octanol–water partition coefficient (Wildman–Crippen LogP) is 2.23. The zero-order chi connectivity index (χ0) is 13.9. The van der Waals surface area contributed by atoms with Crippen LogP contribution in [0, 0.1) is 0 Å². The molecule has 0 fully saturated rings. The van der Waals surface area contributed by atoms with Crippen LogP contribution in [0.15, 0.2) is 38.5 Å². The Hall–Kier alpha value is -0.940. The molecule has 0 bridgehead atoms. The van der Waals surface area contributed by atoms with Gasteiger partial charge in [-0.2, -0.15) is 0 Å². The van der Waals surface area contributed by atoms with Gasteiger partial charge in [0.25, 0.3) is 0 Å². The molecule has 0 amide bonds. The summed E-state index contributed by atoms with van der Waals surface area (Å²) >= 11 is 0. The Morgan fingerprint density at radius 2 is 0.833 bits per heavy atom. The van der Waals surface area contributed by atoms with E-state index in [9.17, 15) is 0 Å². The van der Waals surface area contributed by atoms with Crippen LogP contribution in [-0.2, 0) is 18.9 Å². The van der Waals surface area contributed by atoms with E-state index in [2.05, 4.69) is 26.3 Å². The van der Waals surface area contributed by atoms with Gasteiger partial charge in [-0.3, -0.25) is 0 Å². The highest BCUT2D eigenvalue weighted by Gasteiger charge is 1.90. The van der Waals surface area contributed by atoms with E-state index in [1.165, 1.54) is 0 Å². The Kier molecular flexibility index (Phi) is 23.0. The Bertz CT molecular complexity index is 153. The second-order valence-corrected chi connectivity index (χ2v) is 2.95. The summed E-state index contributed by atoms with van der Waals surface area (Å²) in [5.41, 5.74) is 0. The van der Waals surface area contributed by atoms with E-state index in [4.69, 9.17) is 18.9 Å². The van der Waals surface area contributed by atoms with Crippen molar-refractivity contribution >= 4 is 0 Å². The van der Waals surface area contributed by atoms with Crippen molar-refractivity contribution in [2.75, 3.05) is 52.9 Å². The summed E-state index contributed by atoms with van der Waals surface area (Å²) in [4.78, 5) is 0. The number of ether oxygens (including phenoxy) is 4. The lowest BCUT2D eigenvalue weighted by molar-refractivity contribution is 0.00397. The largest absolute Gasteiger partial charge is 0.377 e. The predicted molar refractivity (Wildman–Crippen MR) is 74.9 cm³/mol. The molecule has 18 heavy (non-hydrogen) atoms. The fourth-order valence-corrected chi connectivity index (χ4v) is 0.891. The average molecular weight is 258 g/mol. The molecule has 0 aromatic rings. The topological polar surface area (TPSA) is 36.9 Å². The van der Waals surface area contributed by atoms with Gasteiger partial charge in [0.1, 0.15) is 0 Å². The highest BCUT2D eigenvalue weighted by molar-refractivity contribution is 4.63. The van der Waals surface area contributed by atoms with Crippen LogP contribution in [0.5, 0.6) is 0 Å². The molecule has 0 spiro atoms. The minimum atomic E-state index is 0.570. The van der Waals surface area contributed by atoms with E-state index < -0.39 is 0 Å². The quantitative estimate of drug-likeness (QED) is 0.375. The molecule has 0 aromatic carbocycles. The molecule has 0 saturated carbocycles. The van der Waals surface area contributed by atoms with Crippen molar-refractivity contribution < 1.29 is 18.9 Å². The summed E-state index contributed by atoms with van der Waals surface area (Å²) in [6.45, 7) is 17.8. The molecule has 4 heteroatoms. The standard InChI is InChI=1S/C12H22O4.C2H4/c1-3-5-13-7-9-15-11-12-16-10-8-14-6-4-2;1-2/h3-4H,1-2,5-12H2;1-2H2.